The quantitative estimate of drug-likeness (QED) is 0.360. The van der Waals surface area contributed by atoms with Crippen LogP contribution in [0.4, 0.5) is 5.88 Å². The first-order chi connectivity index (χ1) is 18.9. The number of esters is 1. The Kier molecular flexibility index (Phi) is 6.70. The van der Waals surface area contributed by atoms with Crippen LogP contribution in [0.2, 0.25) is 0 Å². The monoisotopic (exact) mass is 542 g/mol. The Morgan fingerprint density at radius 3 is 2.67 bits per heavy atom. The molecule has 1 fully saturated rings. The van der Waals surface area contributed by atoms with E-state index in [-0.39, 0.29) is 12.2 Å². The lowest BCUT2D eigenvalue weighted by molar-refractivity contribution is -0.139. The number of benzene rings is 2. The Labute approximate surface area is 229 Å². The molecule has 6 rings (SSSR count). The minimum absolute atomic E-state index is 0.219. The van der Waals surface area contributed by atoms with Crippen molar-refractivity contribution in [2.75, 3.05) is 44.7 Å². The lowest BCUT2D eigenvalue weighted by Crippen LogP contribution is -2.44. The summed E-state index contributed by atoms with van der Waals surface area (Å²) in [6.45, 7) is 7.55. The number of likely N-dealkylation sites (N-methyl/N-ethyl adjacent to an activating group) is 1. The first-order valence-corrected chi connectivity index (χ1v) is 14.0. The summed E-state index contributed by atoms with van der Waals surface area (Å²) >= 11 is 1.30. The number of hydrogen-bond donors (Lipinski definition) is 0. The summed E-state index contributed by atoms with van der Waals surface area (Å²) in [7, 11) is 2.12. The summed E-state index contributed by atoms with van der Waals surface area (Å²) in [6, 6.07) is 17.1. The highest BCUT2D eigenvalue weighted by Gasteiger charge is 2.34. The fraction of sp³-hybridized carbons (Fsp3) is 0.300. The molecule has 0 N–H and O–H groups in total. The molecule has 0 amide bonds. The Hall–Kier alpha value is -3.95. The van der Waals surface area contributed by atoms with Crippen molar-refractivity contribution >= 4 is 40.0 Å². The van der Waals surface area contributed by atoms with Crippen molar-refractivity contribution in [3.05, 3.63) is 96.9 Å². The smallest absolute Gasteiger partial charge is 0.338 e. The average Bonchev–Trinajstić information content (AvgIpc) is 3.52. The van der Waals surface area contributed by atoms with Gasteiger partial charge in [0.2, 0.25) is 0 Å². The van der Waals surface area contributed by atoms with Gasteiger partial charge in [-0.3, -0.25) is 9.36 Å². The van der Waals surface area contributed by atoms with Gasteiger partial charge >= 0.3 is 5.97 Å². The largest absolute Gasteiger partial charge is 0.463 e. The topological polar surface area (TPSA) is 80.3 Å². The lowest BCUT2D eigenvalue weighted by Gasteiger charge is -2.32. The lowest BCUT2D eigenvalue weighted by atomic mass is 9.91. The van der Waals surface area contributed by atoms with Crippen LogP contribution in [0.3, 0.4) is 0 Å². The van der Waals surface area contributed by atoms with Crippen molar-refractivity contribution in [1.29, 1.82) is 0 Å². The van der Waals surface area contributed by atoms with Gasteiger partial charge in [-0.15, -0.1) is 0 Å². The molecule has 0 radical (unpaired) electrons. The normalized spacial score (nSPS) is 18.4. The number of thiazole rings is 1. The molecule has 2 aromatic carbocycles. The van der Waals surface area contributed by atoms with Gasteiger partial charge in [-0.2, -0.15) is 0 Å². The van der Waals surface area contributed by atoms with Gasteiger partial charge < -0.3 is 19.0 Å². The van der Waals surface area contributed by atoms with Crippen LogP contribution in [0.15, 0.2) is 80.1 Å². The van der Waals surface area contributed by atoms with Crippen molar-refractivity contribution in [3.8, 4) is 0 Å². The number of allylic oxidation sites excluding steroid dienone is 1. The summed E-state index contributed by atoms with van der Waals surface area (Å²) in [5.41, 5.74) is 1.56. The summed E-state index contributed by atoms with van der Waals surface area (Å²) in [5, 5.41) is 2.00. The predicted molar refractivity (Wildman–Crippen MR) is 153 cm³/mol. The Bertz CT molecular complexity index is 1770. The van der Waals surface area contributed by atoms with E-state index in [0.717, 1.165) is 48.4 Å². The van der Waals surface area contributed by atoms with Gasteiger partial charge in [0.15, 0.2) is 10.7 Å². The number of anilines is 1. The van der Waals surface area contributed by atoms with Crippen molar-refractivity contribution in [3.63, 3.8) is 0 Å². The van der Waals surface area contributed by atoms with Crippen LogP contribution < -0.4 is 19.8 Å². The van der Waals surface area contributed by atoms with Crippen molar-refractivity contribution < 1.29 is 13.9 Å². The number of carbonyl (C=O) groups is 1. The second-order valence-corrected chi connectivity index (χ2v) is 10.8. The fourth-order valence-electron chi connectivity index (χ4n) is 5.32. The number of rotatable bonds is 5. The first kappa shape index (κ1) is 25.3. The van der Waals surface area contributed by atoms with Crippen LogP contribution in [-0.2, 0) is 9.53 Å². The van der Waals surface area contributed by atoms with Crippen LogP contribution in [0.5, 0.6) is 0 Å². The molecule has 1 atom stereocenters. The zero-order valence-electron chi connectivity index (χ0n) is 22.2. The maximum Gasteiger partial charge on any atom is 0.338 e. The SMILES string of the molecule is CCOC(=O)C1=C(C)N=c2s/c(=C/c3ccc(N4CCN(C)CC4)o3)c(=O)n2[C@@H]1c1cccc2ccccc12. The number of fused-ring (bicyclic) bond motifs is 2. The zero-order chi connectivity index (χ0) is 27.1. The maximum atomic E-state index is 14.0. The van der Waals surface area contributed by atoms with Gasteiger partial charge in [0.05, 0.1) is 28.5 Å². The van der Waals surface area contributed by atoms with E-state index in [4.69, 9.17) is 14.1 Å². The number of piperazine rings is 1. The van der Waals surface area contributed by atoms with Gasteiger partial charge in [-0.05, 0) is 43.3 Å². The number of ether oxygens (including phenoxy) is 1. The molecule has 4 aromatic rings. The van der Waals surface area contributed by atoms with E-state index < -0.39 is 12.0 Å². The molecule has 0 bridgehead atoms. The summed E-state index contributed by atoms with van der Waals surface area (Å²) in [5.74, 6) is 0.947. The van der Waals surface area contributed by atoms with E-state index in [1.54, 1.807) is 24.5 Å². The van der Waals surface area contributed by atoms with Gasteiger partial charge in [-0.25, -0.2) is 9.79 Å². The van der Waals surface area contributed by atoms with Crippen LogP contribution in [-0.4, -0.2) is 55.3 Å². The van der Waals surface area contributed by atoms with E-state index in [1.165, 1.54) is 11.3 Å². The molecular formula is C30H30N4O4S. The third-order valence-corrected chi connectivity index (χ3v) is 8.32. The van der Waals surface area contributed by atoms with E-state index in [2.05, 4.69) is 16.8 Å². The molecule has 9 heteroatoms. The van der Waals surface area contributed by atoms with Gasteiger partial charge in [0, 0.05) is 38.3 Å². The average molecular weight is 543 g/mol. The number of nitrogens with zero attached hydrogens (tertiary/aromatic N) is 4. The minimum atomic E-state index is -0.661. The number of aromatic nitrogens is 1. The second kappa shape index (κ2) is 10.3. The molecule has 200 valence electrons. The van der Waals surface area contributed by atoms with Crippen LogP contribution in [0.1, 0.15) is 31.2 Å². The summed E-state index contributed by atoms with van der Waals surface area (Å²) < 4.78 is 13.7. The Morgan fingerprint density at radius 2 is 1.87 bits per heavy atom. The molecule has 8 nitrogen and oxygen atoms in total. The molecule has 0 unspecified atom stereocenters. The second-order valence-electron chi connectivity index (χ2n) is 9.84. The van der Waals surface area contributed by atoms with Gasteiger partial charge in [0.25, 0.3) is 5.56 Å². The summed E-state index contributed by atoms with van der Waals surface area (Å²) in [6.07, 6.45) is 1.77. The van der Waals surface area contributed by atoms with Crippen molar-refractivity contribution in [2.24, 2.45) is 4.99 Å². The van der Waals surface area contributed by atoms with Crippen molar-refractivity contribution in [1.82, 2.24) is 9.47 Å². The maximum absolute atomic E-state index is 14.0. The minimum Gasteiger partial charge on any atom is -0.463 e. The highest BCUT2D eigenvalue weighted by Crippen LogP contribution is 2.34. The van der Waals surface area contributed by atoms with Crippen molar-refractivity contribution in [2.45, 2.75) is 19.9 Å². The van der Waals surface area contributed by atoms with E-state index in [0.29, 0.717) is 26.4 Å². The highest BCUT2D eigenvalue weighted by molar-refractivity contribution is 7.07. The zero-order valence-corrected chi connectivity index (χ0v) is 23.0. The molecule has 1 saturated heterocycles. The molecule has 2 aliphatic heterocycles. The summed E-state index contributed by atoms with van der Waals surface area (Å²) in [4.78, 5) is 36.9. The van der Waals surface area contributed by atoms with Crippen LogP contribution >= 0.6 is 11.3 Å². The Morgan fingerprint density at radius 1 is 1.10 bits per heavy atom. The number of furan rings is 1. The highest BCUT2D eigenvalue weighted by atomic mass is 32.1. The molecule has 2 aliphatic rings. The van der Waals surface area contributed by atoms with Crippen LogP contribution in [0.25, 0.3) is 16.8 Å². The fourth-order valence-corrected chi connectivity index (χ4v) is 6.35. The third-order valence-electron chi connectivity index (χ3n) is 7.34. The molecule has 0 aliphatic carbocycles. The van der Waals surface area contributed by atoms with E-state index in [9.17, 15) is 9.59 Å². The number of hydrogen-bond acceptors (Lipinski definition) is 8. The van der Waals surface area contributed by atoms with E-state index in [1.807, 2.05) is 54.6 Å². The first-order valence-electron chi connectivity index (χ1n) is 13.1. The standard InChI is InChI=1S/C30H30N4O4S/c1-4-37-29(36)26-19(2)31-30-34(27(26)23-11-7-9-20-8-5-6-10-22(20)23)28(35)24(39-30)18-21-12-13-25(38-21)33-16-14-32(3)15-17-33/h5-13,18,27H,4,14-17H2,1-3H3/b24-18+/t27-/m1/s1. The predicted octanol–water partition coefficient (Wildman–Crippen LogP) is 3.30. The van der Waals surface area contributed by atoms with Gasteiger partial charge in [-0.1, -0.05) is 53.8 Å². The molecule has 0 saturated carbocycles. The molecular weight excluding hydrogens is 512 g/mol. The third kappa shape index (κ3) is 4.62. The number of carbonyl (C=O) groups excluding carboxylic acids is 1. The molecule has 0 spiro atoms. The molecule has 2 aromatic heterocycles. The molecule has 39 heavy (non-hydrogen) atoms. The van der Waals surface area contributed by atoms with E-state index >= 15 is 0 Å². The Balaban J connectivity index is 1.48. The molecule has 4 heterocycles. The van der Waals surface area contributed by atoms with Gasteiger partial charge in [0.1, 0.15) is 5.76 Å². The van der Waals surface area contributed by atoms with Crippen LogP contribution in [0, 0.1) is 0 Å².